The van der Waals surface area contributed by atoms with Crippen molar-refractivity contribution in [3.63, 3.8) is 0 Å². The second-order valence-corrected chi connectivity index (χ2v) is 10.1. The molecule has 0 spiro atoms. The summed E-state index contributed by atoms with van der Waals surface area (Å²) in [5, 5.41) is 1.33. The minimum atomic E-state index is -0.0713. The van der Waals surface area contributed by atoms with Crippen LogP contribution in [0.25, 0.3) is 11.8 Å². The fourth-order valence-corrected chi connectivity index (χ4v) is 5.55. The van der Waals surface area contributed by atoms with Crippen LogP contribution in [0.2, 0.25) is 5.02 Å². The molecule has 3 aromatic carbocycles. The highest BCUT2D eigenvalue weighted by Gasteiger charge is 2.34. The van der Waals surface area contributed by atoms with E-state index in [9.17, 15) is 4.79 Å². The van der Waals surface area contributed by atoms with E-state index in [1.807, 2.05) is 98.8 Å². The Balaban J connectivity index is 1.52. The number of carbonyl (C=O) groups is 1. The zero-order valence-corrected chi connectivity index (χ0v) is 22.4. The minimum Gasteiger partial charge on any atom is -0.497 e. The van der Waals surface area contributed by atoms with Gasteiger partial charge < -0.3 is 9.30 Å². The highest BCUT2D eigenvalue weighted by molar-refractivity contribution is 8.18. The second kappa shape index (κ2) is 10.7. The molecule has 2 heterocycles. The maximum Gasteiger partial charge on any atom is 0.267 e. The van der Waals surface area contributed by atoms with E-state index in [0.29, 0.717) is 21.6 Å². The van der Waals surface area contributed by atoms with E-state index >= 15 is 0 Å². The lowest BCUT2D eigenvalue weighted by Gasteiger charge is -2.16. The number of amidine groups is 1. The maximum absolute atomic E-state index is 13.7. The van der Waals surface area contributed by atoms with Gasteiger partial charge in [-0.2, -0.15) is 0 Å². The van der Waals surface area contributed by atoms with E-state index in [0.717, 1.165) is 39.6 Å². The largest absolute Gasteiger partial charge is 0.497 e. The van der Waals surface area contributed by atoms with Gasteiger partial charge in [0.05, 0.1) is 35.0 Å². The molecule has 1 aliphatic rings. The summed E-state index contributed by atoms with van der Waals surface area (Å²) in [5.41, 5.74) is 5.74. The first-order valence-electron chi connectivity index (χ1n) is 11.9. The Morgan fingerprint density at radius 2 is 1.68 bits per heavy atom. The molecule has 0 atom stereocenters. The van der Waals surface area contributed by atoms with Crippen molar-refractivity contribution in [3.8, 4) is 11.4 Å². The van der Waals surface area contributed by atoms with E-state index in [1.165, 1.54) is 11.8 Å². The van der Waals surface area contributed by atoms with Crippen molar-refractivity contribution in [1.29, 1.82) is 0 Å². The number of hydrogen-bond acceptors (Lipinski definition) is 4. The van der Waals surface area contributed by atoms with Crippen LogP contribution in [-0.2, 0) is 11.3 Å². The highest BCUT2D eigenvalue weighted by atomic mass is 35.5. The molecular formula is C30H26ClN3O2S. The summed E-state index contributed by atoms with van der Waals surface area (Å²) in [7, 11) is 1.64. The summed E-state index contributed by atoms with van der Waals surface area (Å²) >= 11 is 7.89. The van der Waals surface area contributed by atoms with Gasteiger partial charge in [-0.3, -0.25) is 9.69 Å². The van der Waals surface area contributed by atoms with Gasteiger partial charge in [0.15, 0.2) is 5.17 Å². The number of aromatic nitrogens is 1. The van der Waals surface area contributed by atoms with E-state index in [-0.39, 0.29) is 5.91 Å². The molecule has 4 aromatic rings. The van der Waals surface area contributed by atoms with Crippen molar-refractivity contribution in [3.05, 3.63) is 117 Å². The normalized spacial score (nSPS) is 15.7. The number of ether oxygens (including phenoxy) is 1. The first kappa shape index (κ1) is 24.9. The third-order valence-electron chi connectivity index (χ3n) is 6.22. The van der Waals surface area contributed by atoms with Gasteiger partial charge in [-0.15, -0.1) is 0 Å². The van der Waals surface area contributed by atoms with E-state index in [1.54, 1.807) is 12.0 Å². The molecule has 5 nitrogen and oxygen atoms in total. The Bertz CT molecular complexity index is 1510. The van der Waals surface area contributed by atoms with Gasteiger partial charge in [0.2, 0.25) is 0 Å². The summed E-state index contributed by atoms with van der Waals surface area (Å²) in [6, 6.07) is 27.3. The first-order chi connectivity index (χ1) is 17.9. The lowest BCUT2D eigenvalue weighted by Crippen LogP contribution is -2.28. The number of aliphatic imine (C=N–C) groups is 1. The van der Waals surface area contributed by atoms with Gasteiger partial charge in [-0.1, -0.05) is 54.1 Å². The topological polar surface area (TPSA) is 46.8 Å². The molecule has 1 aliphatic heterocycles. The summed E-state index contributed by atoms with van der Waals surface area (Å²) in [4.78, 5) is 20.8. The fourth-order valence-electron chi connectivity index (χ4n) is 4.34. The number of amides is 1. The quantitative estimate of drug-likeness (QED) is 0.243. The van der Waals surface area contributed by atoms with Crippen LogP contribution < -0.4 is 4.74 Å². The van der Waals surface area contributed by atoms with Gasteiger partial charge >= 0.3 is 0 Å². The SMILES string of the molecule is COc1ccc(CN2C(=O)/C(=C/c3cc(C)n(-c4ccccc4Cl)c3C)SC2=Nc2ccccc2)cc1. The van der Waals surface area contributed by atoms with Crippen molar-refractivity contribution < 1.29 is 9.53 Å². The summed E-state index contributed by atoms with van der Waals surface area (Å²) in [6.07, 6.45) is 1.96. The van der Waals surface area contributed by atoms with Crippen LogP contribution >= 0.6 is 23.4 Å². The van der Waals surface area contributed by atoms with Crippen molar-refractivity contribution >= 4 is 46.2 Å². The van der Waals surface area contributed by atoms with Gasteiger partial charge in [-0.25, -0.2) is 4.99 Å². The van der Waals surface area contributed by atoms with Gasteiger partial charge in [0.25, 0.3) is 5.91 Å². The predicted molar refractivity (Wildman–Crippen MR) is 153 cm³/mol. The number of thioether (sulfide) groups is 1. The van der Waals surface area contributed by atoms with Crippen LogP contribution in [-0.4, -0.2) is 27.7 Å². The third kappa shape index (κ3) is 5.22. The molecule has 0 unspecified atom stereocenters. The number of aryl methyl sites for hydroxylation is 1. The molecule has 1 saturated heterocycles. The Hall–Kier alpha value is -3.74. The average Bonchev–Trinajstić information content (AvgIpc) is 3.35. The molecule has 37 heavy (non-hydrogen) atoms. The smallest absolute Gasteiger partial charge is 0.267 e. The predicted octanol–water partition coefficient (Wildman–Crippen LogP) is 7.56. The van der Waals surface area contributed by atoms with Crippen molar-refractivity contribution in [1.82, 2.24) is 9.47 Å². The summed E-state index contributed by atoms with van der Waals surface area (Å²) < 4.78 is 7.40. The third-order valence-corrected chi connectivity index (χ3v) is 7.55. The van der Waals surface area contributed by atoms with Crippen LogP contribution in [0.3, 0.4) is 0 Å². The van der Waals surface area contributed by atoms with E-state index < -0.39 is 0 Å². The molecule has 0 N–H and O–H groups in total. The summed E-state index contributed by atoms with van der Waals surface area (Å²) in [6.45, 7) is 4.50. The molecular weight excluding hydrogens is 502 g/mol. The number of methoxy groups -OCH3 is 1. The number of benzene rings is 3. The lowest BCUT2D eigenvalue weighted by atomic mass is 10.2. The van der Waals surface area contributed by atoms with Gasteiger partial charge in [0, 0.05) is 11.4 Å². The highest BCUT2D eigenvalue weighted by Crippen LogP contribution is 2.37. The average molecular weight is 528 g/mol. The molecule has 0 aliphatic carbocycles. The number of carbonyl (C=O) groups excluding carboxylic acids is 1. The van der Waals surface area contributed by atoms with Crippen molar-refractivity contribution in [2.24, 2.45) is 4.99 Å². The molecule has 0 saturated carbocycles. The number of para-hydroxylation sites is 2. The molecule has 0 bridgehead atoms. The Labute approximate surface area is 226 Å². The molecule has 1 fully saturated rings. The van der Waals surface area contributed by atoms with Crippen molar-refractivity contribution in [2.75, 3.05) is 7.11 Å². The molecule has 1 amide bonds. The van der Waals surface area contributed by atoms with E-state index in [2.05, 4.69) is 10.6 Å². The molecule has 5 rings (SSSR count). The monoisotopic (exact) mass is 527 g/mol. The van der Waals surface area contributed by atoms with Crippen LogP contribution in [0.1, 0.15) is 22.5 Å². The van der Waals surface area contributed by atoms with Crippen LogP contribution in [0.5, 0.6) is 5.75 Å². The number of hydrogen-bond donors (Lipinski definition) is 0. The van der Waals surface area contributed by atoms with Crippen LogP contribution in [0.15, 0.2) is 94.8 Å². The van der Waals surface area contributed by atoms with Crippen LogP contribution in [0.4, 0.5) is 5.69 Å². The van der Waals surface area contributed by atoms with E-state index in [4.69, 9.17) is 21.3 Å². The number of nitrogens with zero attached hydrogens (tertiary/aromatic N) is 3. The standard InChI is InChI=1S/C30H26ClN3O2S/c1-20-17-23(21(2)34(20)27-12-8-7-11-26(27)31)18-28-29(35)33(19-22-13-15-25(36-3)16-14-22)30(37-28)32-24-9-5-4-6-10-24/h4-18H,19H2,1-3H3/b28-18-,32-30?. The molecule has 7 heteroatoms. The Morgan fingerprint density at radius 1 is 0.973 bits per heavy atom. The Kier molecular flexibility index (Phi) is 7.22. The van der Waals surface area contributed by atoms with Gasteiger partial charge in [-0.05, 0) is 85.3 Å². The number of halogens is 1. The van der Waals surface area contributed by atoms with Crippen molar-refractivity contribution in [2.45, 2.75) is 20.4 Å². The zero-order chi connectivity index (χ0) is 25.9. The fraction of sp³-hybridized carbons (Fsp3) is 0.133. The second-order valence-electron chi connectivity index (χ2n) is 8.69. The lowest BCUT2D eigenvalue weighted by molar-refractivity contribution is -0.122. The minimum absolute atomic E-state index is 0.0713. The number of rotatable bonds is 6. The molecule has 0 radical (unpaired) electrons. The molecule has 1 aromatic heterocycles. The Morgan fingerprint density at radius 3 is 2.38 bits per heavy atom. The zero-order valence-electron chi connectivity index (χ0n) is 20.8. The molecule has 186 valence electrons. The maximum atomic E-state index is 13.7. The van der Waals surface area contributed by atoms with Crippen LogP contribution in [0, 0.1) is 13.8 Å². The van der Waals surface area contributed by atoms with Gasteiger partial charge in [0.1, 0.15) is 5.75 Å². The first-order valence-corrected chi connectivity index (χ1v) is 13.1. The summed E-state index contributed by atoms with van der Waals surface area (Å²) in [5.74, 6) is 0.705.